The number of aromatic nitrogens is 1. The molecule has 1 saturated carbocycles. The van der Waals surface area contributed by atoms with Gasteiger partial charge in [0.25, 0.3) is 0 Å². The van der Waals surface area contributed by atoms with Gasteiger partial charge in [-0.3, -0.25) is 0 Å². The second kappa shape index (κ2) is 5.31. The second-order valence-corrected chi connectivity index (χ2v) is 6.22. The lowest BCUT2D eigenvalue weighted by Gasteiger charge is -2.14. The molecule has 0 aromatic carbocycles. The van der Waals surface area contributed by atoms with Gasteiger partial charge in [0.1, 0.15) is 0 Å². The zero-order valence-electron chi connectivity index (χ0n) is 9.21. The van der Waals surface area contributed by atoms with Crippen molar-refractivity contribution in [3.63, 3.8) is 0 Å². The summed E-state index contributed by atoms with van der Waals surface area (Å²) in [5.41, 5.74) is 1.27. The highest BCUT2D eigenvalue weighted by Gasteiger charge is 2.19. The number of alkyl halides is 1. The Morgan fingerprint density at radius 3 is 3.00 bits per heavy atom. The lowest BCUT2D eigenvalue weighted by Crippen LogP contribution is -2.08. The molecule has 0 saturated heterocycles. The number of nitrogens with zero attached hydrogens (tertiary/aromatic N) is 1. The summed E-state index contributed by atoms with van der Waals surface area (Å²) in [7, 11) is 0. The summed E-state index contributed by atoms with van der Waals surface area (Å²) in [5, 5.41) is 3.78. The molecular weight excluding hydrogens is 226 g/mol. The molecule has 1 heterocycles. The first-order valence-corrected chi connectivity index (χ1v) is 7.10. The van der Waals surface area contributed by atoms with Crippen LogP contribution in [0.4, 0.5) is 0 Å². The zero-order chi connectivity index (χ0) is 10.7. The Labute approximate surface area is 101 Å². The van der Waals surface area contributed by atoms with Crippen molar-refractivity contribution in [2.24, 2.45) is 5.92 Å². The molecule has 84 valence electrons. The molecular formula is C12H18ClNS. The SMILES string of the molecule is Cc1nc(CC2CCCCC(Cl)C2)cs1. The summed E-state index contributed by atoms with van der Waals surface area (Å²) in [6, 6.07) is 0. The molecule has 2 rings (SSSR count). The van der Waals surface area contributed by atoms with Gasteiger partial charge in [0.15, 0.2) is 0 Å². The Bertz CT molecular complexity index is 310. The minimum atomic E-state index is 0.400. The van der Waals surface area contributed by atoms with Crippen LogP contribution in [0.25, 0.3) is 0 Å². The summed E-state index contributed by atoms with van der Waals surface area (Å²) >= 11 is 8.02. The van der Waals surface area contributed by atoms with Gasteiger partial charge in [0.2, 0.25) is 0 Å². The van der Waals surface area contributed by atoms with E-state index in [1.54, 1.807) is 11.3 Å². The van der Waals surface area contributed by atoms with Crippen molar-refractivity contribution in [2.45, 2.75) is 50.8 Å². The molecule has 1 aromatic heterocycles. The van der Waals surface area contributed by atoms with Crippen molar-refractivity contribution < 1.29 is 0 Å². The quantitative estimate of drug-likeness (QED) is 0.561. The van der Waals surface area contributed by atoms with Crippen LogP contribution in [0.5, 0.6) is 0 Å². The van der Waals surface area contributed by atoms with Crippen molar-refractivity contribution in [1.29, 1.82) is 0 Å². The Morgan fingerprint density at radius 2 is 2.27 bits per heavy atom. The first kappa shape index (κ1) is 11.4. The fourth-order valence-electron chi connectivity index (χ4n) is 2.38. The van der Waals surface area contributed by atoms with Crippen LogP contribution in [0, 0.1) is 12.8 Å². The van der Waals surface area contributed by atoms with E-state index in [4.69, 9.17) is 11.6 Å². The molecule has 1 aliphatic carbocycles. The van der Waals surface area contributed by atoms with Crippen molar-refractivity contribution >= 4 is 22.9 Å². The van der Waals surface area contributed by atoms with Gasteiger partial charge in [-0.15, -0.1) is 22.9 Å². The van der Waals surface area contributed by atoms with E-state index in [0.717, 1.165) is 12.3 Å². The molecule has 0 spiro atoms. The number of rotatable bonds is 2. The van der Waals surface area contributed by atoms with Crippen LogP contribution in [-0.4, -0.2) is 10.4 Å². The number of hydrogen-bond donors (Lipinski definition) is 0. The molecule has 1 aliphatic rings. The average Bonchev–Trinajstić information content (AvgIpc) is 2.46. The summed E-state index contributed by atoms with van der Waals surface area (Å²) in [4.78, 5) is 4.54. The summed E-state index contributed by atoms with van der Waals surface area (Å²) in [6.45, 7) is 2.08. The Hall–Kier alpha value is -0.0800. The molecule has 3 heteroatoms. The van der Waals surface area contributed by atoms with Crippen molar-refractivity contribution in [2.75, 3.05) is 0 Å². The van der Waals surface area contributed by atoms with Gasteiger partial charge in [0, 0.05) is 10.8 Å². The summed E-state index contributed by atoms with van der Waals surface area (Å²) in [6.07, 6.45) is 7.50. The number of thiazole rings is 1. The molecule has 0 N–H and O–H groups in total. The molecule has 1 aromatic rings. The Balaban J connectivity index is 1.92. The third kappa shape index (κ3) is 3.46. The number of halogens is 1. The first-order valence-electron chi connectivity index (χ1n) is 5.79. The van der Waals surface area contributed by atoms with Gasteiger partial charge in [-0.2, -0.15) is 0 Å². The highest BCUT2D eigenvalue weighted by molar-refractivity contribution is 7.09. The molecule has 2 atom stereocenters. The predicted octanol–water partition coefficient (Wildman–Crippen LogP) is 4.18. The maximum absolute atomic E-state index is 6.27. The topological polar surface area (TPSA) is 12.9 Å². The molecule has 1 nitrogen and oxygen atoms in total. The molecule has 1 fully saturated rings. The fourth-order valence-corrected chi connectivity index (χ4v) is 3.41. The third-order valence-corrected chi connectivity index (χ3v) is 4.35. The van der Waals surface area contributed by atoms with Crippen molar-refractivity contribution in [3.05, 3.63) is 16.1 Å². The van der Waals surface area contributed by atoms with Crippen LogP contribution in [0.3, 0.4) is 0 Å². The molecule has 15 heavy (non-hydrogen) atoms. The molecule has 0 aliphatic heterocycles. The highest BCUT2D eigenvalue weighted by atomic mass is 35.5. The maximum Gasteiger partial charge on any atom is 0.0897 e. The number of aryl methyl sites for hydroxylation is 1. The van der Waals surface area contributed by atoms with Crippen LogP contribution in [0.1, 0.15) is 42.8 Å². The normalized spacial score (nSPS) is 27.6. The van der Waals surface area contributed by atoms with Gasteiger partial charge >= 0.3 is 0 Å². The van der Waals surface area contributed by atoms with E-state index < -0.39 is 0 Å². The molecule has 0 bridgehead atoms. The number of hydrogen-bond acceptors (Lipinski definition) is 2. The van der Waals surface area contributed by atoms with Crippen LogP contribution in [0.2, 0.25) is 0 Å². The van der Waals surface area contributed by atoms with E-state index in [-0.39, 0.29) is 0 Å². The summed E-state index contributed by atoms with van der Waals surface area (Å²) in [5.74, 6) is 0.761. The van der Waals surface area contributed by atoms with Crippen LogP contribution >= 0.6 is 22.9 Å². The predicted molar refractivity (Wildman–Crippen MR) is 66.8 cm³/mol. The van der Waals surface area contributed by atoms with Crippen LogP contribution in [0.15, 0.2) is 5.38 Å². The van der Waals surface area contributed by atoms with Gasteiger partial charge in [-0.05, 0) is 32.1 Å². The fraction of sp³-hybridized carbons (Fsp3) is 0.750. The van der Waals surface area contributed by atoms with Gasteiger partial charge in [0.05, 0.1) is 10.7 Å². The summed E-state index contributed by atoms with van der Waals surface area (Å²) < 4.78 is 0. The molecule has 0 amide bonds. The first-order chi connectivity index (χ1) is 7.24. The zero-order valence-corrected chi connectivity index (χ0v) is 10.8. The average molecular weight is 244 g/mol. The third-order valence-electron chi connectivity index (χ3n) is 3.13. The van der Waals surface area contributed by atoms with Gasteiger partial charge in [-0.1, -0.05) is 19.3 Å². The largest absolute Gasteiger partial charge is 0.247 e. The van der Waals surface area contributed by atoms with E-state index >= 15 is 0 Å². The monoisotopic (exact) mass is 243 g/mol. The van der Waals surface area contributed by atoms with E-state index in [0.29, 0.717) is 5.38 Å². The second-order valence-electron chi connectivity index (χ2n) is 4.55. The van der Waals surface area contributed by atoms with Gasteiger partial charge in [-0.25, -0.2) is 4.98 Å². The smallest absolute Gasteiger partial charge is 0.0897 e. The van der Waals surface area contributed by atoms with E-state index in [1.807, 2.05) is 0 Å². The standard InChI is InChI=1S/C12H18ClNS/c1-9-14-12(8-15-9)7-10-4-2-3-5-11(13)6-10/h8,10-11H,2-7H2,1H3. The Morgan fingerprint density at radius 1 is 1.47 bits per heavy atom. The van der Waals surface area contributed by atoms with E-state index in [1.165, 1.54) is 42.8 Å². The minimum Gasteiger partial charge on any atom is -0.247 e. The highest BCUT2D eigenvalue weighted by Crippen LogP contribution is 2.29. The van der Waals surface area contributed by atoms with Crippen molar-refractivity contribution in [1.82, 2.24) is 4.98 Å². The lowest BCUT2D eigenvalue weighted by atomic mass is 9.95. The van der Waals surface area contributed by atoms with Gasteiger partial charge < -0.3 is 0 Å². The van der Waals surface area contributed by atoms with Crippen LogP contribution < -0.4 is 0 Å². The molecule has 2 unspecified atom stereocenters. The van der Waals surface area contributed by atoms with E-state index in [9.17, 15) is 0 Å². The van der Waals surface area contributed by atoms with Crippen molar-refractivity contribution in [3.8, 4) is 0 Å². The van der Waals surface area contributed by atoms with Crippen LogP contribution in [-0.2, 0) is 6.42 Å². The Kier molecular flexibility index (Phi) is 4.04. The molecule has 0 radical (unpaired) electrons. The van der Waals surface area contributed by atoms with E-state index in [2.05, 4.69) is 17.3 Å². The maximum atomic E-state index is 6.27. The lowest BCUT2D eigenvalue weighted by molar-refractivity contribution is 0.456. The minimum absolute atomic E-state index is 0.400.